The molecule has 11 heteroatoms. The fraction of sp³-hybridized carbons (Fsp3) is 0.214. The minimum Gasteiger partial charge on any atom is -0.329 e. The van der Waals surface area contributed by atoms with Gasteiger partial charge in [0.1, 0.15) is 12.4 Å². The topological polar surface area (TPSA) is 76.0 Å². The van der Waals surface area contributed by atoms with E-state index in [2.05, 4.69) is 4.98 Å². The number of amides is 3. The van der Waals surface area contributed by atoms with Crippen molar-refractivity contribution in [3.63, 3.8) is 0 Å². The number of thioether (sulfide) groups is 1. The summed E-state index contributed by atoms with van der Waals surface area (Å²) < 4.78 is 50.7. The molecule has 25 heavy (non-hydrogen) atoms. The van der Waals surface area contributed by atoms with Crippen molar-refractivity contribution < 1.29 is 27.2 Å². The summed E-state index contributed by atoms with van der Waals surface area (Å²) in [5.41, 5.74) is 0.489. The number of imidazole rings is 1. The van der Waals surface area contributed by atoms with Crippen molar-refractivity contribution in [2.45, 2.75) is 11.3 Å². The molecule has 3 amide bonds. The minimum absolute atomic E-state index is 0.258. The zero-order valence-electron chi connectivity index (χ0n) is 12.5. The van der Waals surface area contributed by atoms with Crippen LogP contribution in [0.2, 0.25) is 0 Å². The first-order valence-electron chi connectivity index (χ1n) is 6.81. The Morgan fingerprint density at radius 1 is 1.28 bits per heavy atom. The minimum atomic E-state index is -4.56. The fourth-order valence-corrected chi connectivity index (χ4v) is 2.51. The van der Waals surface area contributed by atoms with Crippen LogP contribution in [-0.2, 0) is 4.79 Å². The maximum atomic E-state index is 13.3. The molecule has 1 aromatic heterocycles. The van der Waals surface area contributed by atoms with Gasteiger partial charge < -0.3 is 5.32 Å². The second-order valence-corrected chi connectivity index (χ2v) is 5.64. The van der Waals surface area contributed by atoms with Gasteiger partial charge in [-0.2, -0.15) is 13.2 Å². The van der Waals surface area contributed by atoms with E-state index in [4.69, 9.17) is 0 Å². The number of aromatic nitrogens is 2. The Bertz CT molecular complexity index is 763. The van der Waals surface area contributed by atoms with Crippen molar-refractivity contribution in [3.05, 3.63) is 42.5 Å². The number of hydrogen-bond acceptors (Lipinski definition) is 4. The molecule has 0 fully saturated rings. The monoisotopic (exact) mass is 376 g/mol. The van der Waals surface area contributed by atoms with Crippen LogP contribution in [0.5, 0.6) is 0 Å². The van der Waals surface area contributed by atoms with Crippen LogP contribution in [-0.4, -0.2) is 40.0 Å². The molecule has 0 aliphatic carbocycles. The first kappa shape index (κ1) is 18.8. The molecule has 6 nitrogen and oxygen atoms in total. The summed E-state index contributed by atoms with van der Waals surface area (Å²) in [5, 5.41) is 3.66. The average molecular weight is 376 g/mol. The summed E-state index contributed by atoms with van der Waals surface area (Å²) in [4.78, 5) is 26.8. The van der Waals surface area contributed by atoms with E-state index < -0.39 is 30.5 Å². The van der Waals surface area contributed by atoms with Gasteiger partial charge in [-0.1, -0.05) is 17.8 Å². The second kappa shape index (κ2) is 8.01. The summed E-state index contributed by atoms with van der Waals surface area (Å²) in [6.45, 7) is -1.54. The zero-order chi connectivity index (χ0) is 18.4. The number of urea groups is 1. The van der Waals surface area contributed by atoms with Gasteiger partial charge >= 0.3 is 12.2 Å². The molecule has 0 radical (unpaired) electrons. The van der Waals surface area contributed by atoms with E-state index >= 15 is 0 Å². The quantitative estimate of drug-likeness (QED) is 0.621. The van der Waals surface area contributed by atoms with Crippen LogP contribution in [0.4, 0.5) is 22.4 Å². The highest BCUT2D eigenvalue weighted by atomic mass is 32.2. The van der Waals surface area contributed by atoms with E-state index in [1.165, 1.54) is 34.3 Å². The van der Waals surface area contributed by atoms with Crippen LogP contribution in [0.25, 0.3) is 5.69 Å². The number of benzene rings is 1. The van der Waals surface area contributed by atoms with Crippen LogP contribution in [0, 0.1) is 5.82 Å². The van der Waals surface area contributed by atoms with Crippen LogP contribution < -0.4 is 10.6 Å². The van der Waals surface area contributed by atoms with Gasteiger partial charge in [-0.3, -0.25) is 14.7 Å². The third-order valence-corrected chi connectivity index (χ3v) is 3.69. The van der Waals surface area contributed by atoms with Crippen molar-refractivity contribution in [1.82, 2.24) is 20.2 Å². The Kier molecular flexibility index (Phi) is 6.02. The van der Waals surface area contributed by atoms with E-state index in [0.29, 0.717) is 10.8 Å². The Hall–Kier alpha value is -2.56. The third kappa shape index (κ3) is 6.10. The number of carbonyl (C=O) groups is 2. The Morgan fingerprint density at radius 2 is 2.04 bits per heavy atom. The zero-order valence-corrected chi connectivity index (χ0v) is 13.3. The number of rotatable bonds is 5. The highest BCUT2D eigenvalue weighted by molar-refractivity contribution is 7.99. The molecule has 1 heterocycles. The molecule has 2 N–H and O–H groups in total. The van der Waals surface area contributed by atoms with Gasteiger partial charge in [-0.15, -0.1) is 0 Å². The molecular weight excluding hydrogens is 364 g/mol. The lowest BCUT2D eigenvalue weighted by Gasteiger charge is -2.09. The van der Waals surface area contributed by atoms with Crippen molar-refractivity contribution in [3.8, 4) is 5.69 Å². The van der Waals surface area contributed by atoms with Crippen molar-refractivity contribution in [2.24, 2.45) is 0 Å². The molecular formula is C14H12F4N4O2S. The van der Waals surface area contributed by atoms with Gasteiger partial charge in [0.05, 0.1) is 11.4 Å². The highest BCUT2D eigenvalue weighted by Crippen LogP contribution is 2.20. The molecule has 0 unspecified atom stereocenters. The first-order valence-corrected chi connectivity index (χ1v) is 7.80. The van der Waals surface area contributed by atoms with E-state index in [9.17, 15) is 27.2 Å². The molecule has 2 aromatic rings. The molecule has 0 aliphatic heterocycles. The van der Waals surface area contributed by atoms with Crippen molar-refractivity contribution in [1.29, 1.82) is 0 Å². The first-order chi connectivity index (χ1) is 11.7. The number of carbonyl (C=O) groups excluding carboxylic acids is 2. The van der Waals surface area contributed by atoms with Gasteiger partial charge in [0.15, 0.2) is 5.16 Å². The van der Waals surface area contributed by atoms with Crippen molar-refractivity contribution >= 4 is 23.7 Å². The average Bonchev–Trinajstić information content (AvgIpc) is 2.99. The largest absolute Gasteiger partial charge is 0.405 e. The van der Waals surface area contributed by atoms with Gasteiger partial charge in [-0.25, -0.2) is 14.2 Å². The van der Waals surface area contributed by atoms with Crippen molar-refractivity contribution in [2.75, 3.05) is 12.3 Å². The van der Waals surface area contributed by atoms with Crippen LogP contribution in [0.3, 0.4) is 0 Å². The van der Waals surface area contributed by atoms with Gasteiger partial charge in [0, 0.05) is 12.4 Å². The predicted octanol–water partition coefficient (Wildman–Crippen LogP) is 2.49. The highest BCUT2D eigenvalue weighted by Gasteiger charge is 2.28. The Morgan fingerprint density at radius 3 is 2.72 bits per heavy atom. The summed E-state index contributed by atoms with van der Waals surface area (Å²) in [6, 6.07) is 4.46. The van der Waals surface area contributed by atoms with Crippen LogP contribution in [0.15, 0.2) is 41.8 Å². The summed E-state index contributed by atoms with van der Waals surface area (Å²) >= 11 is 0.943. The SMILES string of the molecule is O=C(CSc1nccn1-c1cccc(F)c1)NC(=O)NCC(F)(F)F. The number of imide groups is 1. The number of halogens is 4. The maximum Gasteiger partial charge on any atom is 0.405 e. The Labute approximate surface area is 143 Å². The maximum absolute atomic E-state index is 13.3. The van der Waals surface area contributed by atoms with E-state index in [0.717, 1.165) is 11.8 Å². The summed E-state index contributed by atoms with van der Waals surface area (Å²) in [7, 11) is 0. The van der Waals surface area contributed by atoms with E-state index in [1.54, 1.807) is 17.6 Å². The molecule has 0 bridgehead atoms. The Balaban J connectivity index is 1.89. The second-order valence-electron chi connectivity index (χ2n) is 4.69. The number of alkyl halides is 3. The summed E-state index contributed by atoms with van der Waals surface area (Å²) in [6.07, 6.45) is -1.56. The number of hydrogen-bond donors (Lipinski definition) is 2. The van der Waals surface area contributed by atoms with Gasteiger partial charge in [0.25, 0.3) is 0 Å². The van der Waals surface area contributed by atoms with E-state index in [1.807, 2.05) is 0 Å². The molecule has 2 rings (SSSR count). The fourth-order valence-electron chi connectivity index (χ4n) is 1.74. The van der Waals surface area contributed by atoms with Crippen LogP contribution in [0.1, 0.15) is 0 Å². The molecule has 0 aliphatic rings. The lowest BCUT2D eigenvalue weighted by atomic mass is 10.3. The number of nitrogens with one attached hydrogen (secondary N) is 2. The predicted molar refractivity (Wildman–Crippen MR) is 81.8 cm³/mol. The standard InChI is InChI=1S/C14H12F4N4O2S/c15-9-2-1-3-10(6-9)22-5-4-19-13(22)25-7-11(23)21-12(24)20-8-14(16,17)18/h1-6H,7-8H2,(H2,20,21,23,24). The molecule has 0 saturated heterocycles. The smallest absolute Gasteiger partial charge is 0.329 e. The molecule has 134 valence electrons. The van der Waals surface area contributed by atoms with Crippen LogP contribution >= 0.6 is 11.8 Å². The normalized spacial score (nSPS) is 11.2. The molecule has 0 atom stereocenters. The van der Waals surface area contributed by atoms with E-state index in [-0.39, 0.29) is 5.75 Å². The molecule has 0 spiro atoms. The lowest BCUT2D eigenvalue weighted by molar-refractivity contribution is -0.124. The number of nitrogens with zero attached hydrogens (tertiary/aromatic N) is 2. The molecule has 0 saturated carbocycles. The third-order valence-electron chi connectivity index (χ3n) is 2.73. The lowest BCUT2D eigenvalue weighted by Crippen LogP contribution is -2.43. The molecule has 1 aromatic carbocycles. The van der Waals surface area contributed by atoms with Gasteiger partial charge in [-0.05, 0) is 18.2 Å². The summed E-state index contributed by atoms with van der Waals surface area (Å²) in [5.74, 6) is -1.49. The van der Waals surface area contributed by atoms with Gasteiger partial charge in [0.2, 0.25) is 5.91 Å².